The van der Waals surface area contributed by atoms with Crippen molar-refractivity contribution in [2.75, 3.05) is 20.2 Å². The van der Waals surface area contributed by atoms with Crippen molar-refractivity contribution in [1.29, 1.82) is 0 Å². The largest absolute Gasteiger partial charge is 0.504 e. The molecule has 2 amide bonds. The van der Waals surface area contributed by atoms with Crippen molar-refractivity contribution < 1.29 is 24.5 Å². The molecule has 0 aromatic heterocycles. The first-order valence-corrected chi connectivity index (χ1v) is 13.1. The molecule has 4 atom stereocenters. The van der Waals surface area contributed by atoms with E-state index in [1.807, 2.05) is 32.1 Å². The minimum atomic E-state index is -0.934. The third-order valence-electron chi connectivity index (χ3n) is 7.79. The van der Waals surface area contributed by atoms with Crippen molar-refractivity contribution in [2.45, 2.75) is 89.3 Å². The highest BCUT2D eigenvalue weighted by atomic mass is 16.5. The zero-order chi connectivity index (χ0) is 25.6. The van der Waals surface area contributed by atoms with E-state index in [1.165, 1.54) is 12.0 Å². The van der Waals surface area contributed by atoms with E-state index in [2.05, 4.69) is 11.5 Å². The number of likely N-dealkylation sites (tertiary alicyclic amines) is 1. The van der Waals surface area contributed by atoms with Gasteiger partial charge in [-0.1, -0.05) is 26.0 Å². The lowest BCUT2D eigenvalue weighted by molar-refractivity contribution is -0.164. The minimum absolute atomic E-state index is 0.00215. The molecular weight excluding hydrogens is 444 g/mol. The fourth-order valence-electron chi connectivity index (χ4n) is 6.06. The summed E-state index contributed by atoms with van der Waals surface area (Å²) in [5.41, 5.74) is 0.0451. The monoisotopic (exact) mass is 486 g/mol. The number of phenolic OH excluding ortho intramolecular Hbond substituents is 1. The highest BCUT2D eigenvalue weighted by Gasteiger charge is 2.53. The Morgan fingerprint density at radius 3 is 2.51 bits per heavy atom. The molecule has 35 heavy (non-hydrogen) atoms. The number of amides is 2. The summed E-state index contributed by atoms with van der Waals surface area (Å²) in [6.45, 7) is 9.32. The van der Waals surface area contributed by atoms with Crippen molar-refractivity contribution >= 4 is 11.8 Å². The van der Waals surface area contributed by atoms with Crippen LogP contribution in [0.25, 0.3) is 0 Å². The summed E-state index contributed by atoms with van der Waals surface area (Å²) in [5, 5.41) is 22.1. The molecule has 7 heteroatoms. The van der Waals surface area contributed by atoms with E-state index in [0.717, 1.165) is 18.5 Å². The summed E-state index contributed by atoms with van der Waals surface area (Å²) in [5.74, 6) is 0.336. The molecular formula is C28H42N2O5. The lowest BCUT2D eigenvalue weighted by Gasteiger charge is -2.55. The minimum Gasteiger partial charge on any atom is -0.504 e. The van der Waals surface area contributed by atoms with Gasteiger partial charge in [-0.2, -0.15) is 0 Å². The summed E-state index contributed by atoms with van der Waals surface area (Å²) in [4.78, 5) is 29.7. The van der Waals surface area contributed by atoms with E-state index in [1.54, 1.807) is 6.07 Å². The molecule has 7 nitrogen and oxygen atoms in total. The zero-order valence-corrected chi connectivity index (χ0v) is 21.5. The topological polar surface area (TPSA) is 90.3 Å². The zero-order valence-electron chi connectivity index (χ0n) is 21.5. The number of methoxy groups -OCH3 is 1. The number of benzene rings is 1. The predicted molar refractivity (Wildman–Crippen MR) is 136 cm³/mol. The quantitative estimate of drug-likeness (QED) is 0.485. The normalized spacial score (nSPS) is 26.6. The maximum atomic E-state index is 12.9. The van der Waals surface area contributed by atoms with Gasteiger partial charge in [0.25, 0.3) is 0 Å². The molecule has 0 spiro atoms. The third-order valence-corrected chi connectivity index (χ3v) is 7.79. The first kappa shape index (κ1) is 27.2. The van der Waals surface area contributed by atoms with E-state index >= 15 is 0 Å². The van der Waals surface area contributed by atoms with E-state index in [4.69, 9.17) is 4.74 Å². The van der Waals surface area contributed by atoms with Gasteiger partial charge in [0.1, 0.15) is 0 Å². The van der Waals surface area contributed by atoms with Crippen LogP contribution in [-0.4, -0.2) is 69.7 Å². The van der Waals surface area contributed by atoms with Gasteiger partial charge in [-0.25, -0.2) is 0 Å². The van der Waals surface area contributed by atoms with Gasteiger partial charge >= 0.3 is 0 Å². The van der Waals surface area contributed by atoms with Crippen LogP contribution in [0.3, 0.4) is 0 Å². The Morgan fingerprint density at radius 1 is 1.23 bits per heavy atom. The molecule has 1 saturated heterocycles. The standard InChI is InChI=1S/C28H42N2O5/c1-5-8-26(32)30(27(33)9-6-2)22-12-14-28(34)21(19-22)13-16-29(15-7-3)25(28)18-20-10-11-23(31)24(17-20)35-4/h7,10-11,17,21-22,25,31,34H,3,5-6,8-9,12-16,18-19H2,1-2,4H3/t21?,22?,25-,28?/m1/s1. The Labute approximate surface area is 209 Å². The fraction of sp³-hybridized carbons (Fsp3) is 0.643. The second kappa shape index (κ2) is 12.0. The Bertz CT molecular complexity index is 885. The number of carbonyl (C=O) groups excluding carboxylic acids is 2. The molecule has 2 fully saturated rings. The number of piperidine rings is 1. The number of aliphatic hydroxyl groups is 1. The summed E-state index contributed by atoms with van der Waals surface area (Å²) in [6, 6.07) is 5.04. The highest BCUT2D eigenvalue weighted by Crippen LogP contribution is 2.46. The smallest absolute Gasteiger partial charge is 0.229 e. The first-order chi connectivity index (χ1) is 16.8. The number of carbonyl (C=O) groups is 2. The number of ether oxygens (including phenoxy) is 1. The van der Waals surface area contributed by atoms with E-state index in [-0.39, 0.29) is 35.6 Å². The number of rotatable bonds is 10. The maximum absolute atomic E-state index is 12.9. The summed E-state index contributed by atoms with van der Waals surface area (Å²) in [7, 11) is 1.53. The average molecular weight is 487 g/mol. The lowest BCUT2D eigenvalue weighted by atomic mass is 9.64. The fourth-order valence-corrected chi connectivity index (χ4v) is 6.06. The van der Waals surface area contributed by atoms with Crippen molar-refractivity contribution in [2.24, 2.45) is 5.92 Å². The number of aromatic hydroxyl groups is 1. The molecule has 2 N–H and O–H groups in total. The number of hydrogen-bond acceptors (Lipinski definition) is 6. The predicted octanol–water partition coefficient (Wildman–Crippen LogP) is 4.06. The Balaban J connectivity index is 1.86. The number of imide groups is 1. The molecule has 1 aromatic rings. The first-order valence-electron chi connectivity index (χ1n) is 13.1. The van der Waals surface area contributed by atoms with Crippen LogP contribution in [-0.2, 0) is 16.0 Å². The van der Waals surface area contributed by atoms with Crippen LogP contribution in [0.2, 0.25) is 0 Å². The second-order valence-electron chi connectivity index (χ2n) is 10.1. The van der Waals surface area contributed by atoms with Crippen molar-refractivity contribution in [1.82, 2.24) is 9.80 Å². The van der Waals surface area contributed by atoms with E-state index in [0.29, 0.717) is 63.7 Å². The van der Waals surface area contributed by atoms with Crippen LogP contribution in [0, 0.1) is 5.92 Å². The maximum Gasteiger partial charge on any atom is 0.229 e. The SMILES string of the molecule is C=CCN1CCC2CC(N(C(=O)CCC)C(=O)CCC)CCC2(O)[C@H]1Cc1ccc(O)c(OC)c1. The summed E-state index contributed by atoms with van der Waals surface area (Å²) < 4.78 is 5.29. The molecule has 1 heterocycles. The lowest BCUT2D eigenvalue weighted by Crippen LogP contribution is -2.65. The molecule has 1 aromatic carbocycles. The van der Waals surface area contributed by atoms with E-state index < -0.39 is 5.60 Å². The van der Waals surface area contributed by atoms with Crippen LogP contribution in [0.4, 0.5) is 0 Å². The number of fused-ring (bicyclic) bond motifs is 1. The van der Waals surface area contributed by atoms with Crippen LogP contribution < -0.4 is 4.74 Å². The number of nitrogens with zero attached hydrogens (tertiary/aromatic N) is 2. The Morgan fingerprint density at radius 2 is 1.91 bits per heavy atom. The highest BCUT2D eigenvalue weighted by molar-refractivity contribution is 5.95. The van der Waals surface area contributed by atoms with Gasteiger partial charge in [0.05, 0.1) is 12.7 Å². The molecule has 3 unspecified atom stereocenters. The van der Waals surface area contributed by atoms with Gasteiger partial charge in [0.2, 0.25) is 11.8 Å². The Hall–Kier alpha value is -2.38. The van der Waals surface area contributed by atoms with Crippen LogP contribution in [0.15, 0.2) is 30.9 Å². The van der Waals surface area contributed by atoms with Gasteiger partial charge in [-0.15, -0.1) is 6.58 Å². The second-order valence-corrected chi connectivity index (χ2v) is 10.1. The van der Waals surface area contributed by atoms with Crippen LogP contribution >= 0.6 is 0 Å². The van der Waals surface area contributed by atoms with Gasteiger partial charge in [0, 0.05) is 31.5 Å². The summed E-state index contributed by atoms with van der Waals surface area (Å²) in [6.07, 6.45) is 7.24. The van der Waals surface area contributed by atoms with Gasteiger partial charge in [0.15, 0.2) is 11.5 Å². The molecule has 1 aliphatic heterocycles. The Kier molecular flexibility index (Phi) is 9.36. The van der Waals surface area contributed by atoms with Crippen molar-refractivity contribution in [3.05, 3.63) is 36.4 Å². The van der Waals surface area contributed by atoms with Crippen LogP contribution in [0.1, 0.15) is 70.8 Å². The molecule has 2 aliphatic rings. The van der Waals surface area contributed by atoms with Crippen molar-refractivity contribution in [3.63, 3.8) is 0 Å². The molecule has 1 aliphatic carbocycles. The molecule has 0 bridgehead atoms. The molecule has 194 valence electrons. The van der Waals surface area contributed by atoms with Gasteiger partial charge < -0.3 is 14.9 Å². The number of hydrogen-bond donors (Lipinski definition) is 2. The number of phenols is 1. The molecule has 1 saturated carbocycles. The van der Waals surface area contributed by atoms with E-state index in [9.17, 15) is 19.8 Å². The summed E-state index contributed by atoms with van der Waals surface area (Å²) >= 11 is 0. The van der Waals surface area contributed by atoms with Gasteiger partial charge in [-0.3, -0.25) is 19.4 Å². The average Bonchev–Trinajstić information content (AvgIpc) is 2.83. The molecule has 3 rings (SSSR count). The van der Waals surface area contributed by atoms with Gasteiger partial charge in [-0.05, 0) is 75.1 Å². The van der Waals surface area contributed by atoms with Crippen LogP contribution in [0.5, 0.6) is 11.5 Å². The third kappa shape index (κ3) is 5.89. The van der Waals surface area contributed by atoms with Crippen molar-refractivity contribution in [3.8, 4) is 11.5 Å². The molecule has 0 radical (unpaired) electrons.